The lowest BCUT2D eigenvalue weighted by Gasteiger charge is -2.20. The van der Waals surface area contributed by atoms with Crippen molar-refractivity contribution in [3.8, 4) is 0 Å². The van der Waals surface area contributed by atoms with Crippen molar-refractivity contribution in [1.82, 2.24) is 10.4 Å². The molecule has 11 heteroatoms. The van der Waals surface area contributed by atoms with Crippen LogP contribution in [0.25, 0.3) is 0 Å². The summed E-state index contributed by atoms with van der Waals surface area (Å²) in [6.07, 6.45) is -0.173. The van der Waals surface area contributed by atoms with E-state index in [1.807, 2.05) is 12.1 Å². The Labute approximate surface area is 207 Å². The van der Waals surface area contributed by atoms with Crippen LogP contribution in [0, 0.1) is 23.0 Å². The second-order valence-corrected chi connectivity index (χ2v) is 9.59. The number of aryl methyl sites for hydroxylation is 1. The van der Waals surface area contributed by atoms with E-state index in [2.05, 4.69) is 31.5 Å². The van der Waals surface area contributed by atoms with E-state index in [0.717, 1.165) is 10.6 Å². The third kappa shape index (κ3) is 6.44. The number of nitrogens with zero attached hydrogens (tertiary/aromatic N) is 2. The largest absolute Gasteiger partial charge is 0.455 e. The lowest BCUT2D eigenvalue weighted by molar-refractivity contribution is -0.385. The topological polar surface area (TPSA) is 148 Å². The number of nitro benzene ring substituents is 1. The minimum atomic E-state index is -0.852. The number of esters is 1. The predicted octanol–water partition coefficient (Wildman–Crippen LogP) is 2.88. The van der Waals surface area contributed by atoms with Crippen LogP contribution in [-0.4, -0.2) is 46.8 Å². The molecule has 2 aromatic carbocycles. The number of hydrogen-bond acceptors (Lipinski definition) is 7. The van der Waals surface area contributed by atoms with E-state index in [1.54, 1.807) is 19.1 Å². The number of anilines is 1. The Morgan fingerprint density at radius 3 is 2.42 bits per heavy atom. The van der Waals surface area contributed by atoms with Crippen molar-refractivity contribution >= 4 is 35.1 Å². The smallest absolute Gasteiger partial charge is 0.311 e. The Morgan fingerprint density at radius 1 is 1.14 bits per heavy atom. The Kier molecular flexibility index (Phi) is 7.71. The summed E-state index contributed by atoms with van der Waals surface area (Å²) in [6, 6.07) is 11.2. The maximum Gasteiger partial charge on any atom is 0.311 e. The van der Waals surface area contributed by atoms with Crippen LogP contribution in [-0.2, 0) is 24.5 Å². The van der Waals surface area contributed by atoms with Gasteiger partial charge in [-0.15, -0.1) is 0 Å². The molecule has 0 saturated carbocycles. The van der Waals surface area contributed by atoms with Gasteiger partial charge in [0, 0.05) is 29.3 Å². The van der Waals surface area contributed by atoms with Crippen LogP contribution in [0.1, 0.15) is 48.7 Å². The first-order valence-corrected chi connectivity index (χ1v) is 11.3. The van der Waals surface area contributed by atoms with Crippen LogP contribution in [0.2, 0.25) is 0 Å². The van der Waals surface area contributed by atoms with Crippen LogP contribution >= 0.6 is 0 Å². The number of hydrogen-bond donors (Lipinski definition) is 2. The van der Waals surface area contributed by atoms with Gasteiger partial charge in [0.15, 0.2) is 6.61 Å². The summed E-state index contributed by atoms with van der Waals surface area (Å²) < 4.78 is 5.02. The molecule has 0 bridgehead atoms. The van der Waals surface area contributed by atoms with Crippen molar-refractivity contribution in [2.45, 2.75) is 39.5 Å². The summed E-state index contributed by atoms with van der Waals surface area (Å²) in [6.45, 7) is 7.03. The van der Waals surface area contributed by atoms with Crippen LogP contribution in [0.3, 0.4) is 0 Å². The maximum atomic E-state index is 12.5. The summed E-state index contributed by atoms with van der Waals surface area (Å²) in [5.41, 5.74) is 4.35. The van der Waals surface area contributed by atoms with Crippen molar-refractivity contribution in [2.24, 2.45) is 5.92 Å². The van der Waals surface area contributed by atoms with Gasteiger partial charge in [-0.2, -0.15) is 0 Å². The first-order chi connectivity index (χ1) is 16.8. The molecule has 190 valence electrons. The van der Waals surface area contributed by atoms with Crippen molar-refractivity contribution in [2.75, 3.05) is 18.5 Å². The highest BCUT2D eigenvalue weighted by atomic mass is 16.6. The molecular weight excluding hydrogens is 468 g/mol. The molecule has 1 atom stereocenters. The monoisotopic (exact) mass is 496 g/mol. The number of benzene rings is 2. The third-order valence-corrected chi connectivity index (χ3v) is 5.74. The van der Waals surface area contributed by atoms with E-state index in [1.165, 1.54) is 18.2 Å². The molecule has 1 aliphatic heterocycles. The minimum absolute atomic E-state index is 0.0670. The first kappa shape index (κ1) is 26.3. The molecule has 0 aromatic heterocycles. The lowest BCUT2D eigenvalue weighted by atomic mass is 9.87. The SMILES string of the molecule is Cc1ccc(NC(=O)COC(=O)[C@@H]2CC(=O)N(NC(=O)c3ccc(C(C)(C)C)cc3)C2)cc1[N+](=O)[O-]. The third-order valence-electron chi connectivity index (χ3n) is 5.74. The molecule has 1 saturated heterocycles. The zero-order valence-corrected chi connectivity index (χ0v) is 20.5. The zero-order chi connectivity index (χ0) is 26.6. The van der Waals surface area contributed by atoms with E-state index >= 15 is 0 Å². The summed E-state index contributed by atoms with van der Waals surface area (Å²) in [7, 11) is 0. The molecule has 0 unspecified atom stereocenters. The molecule has 11 nitrogen and oxygen atoms in total. The summed E-state index contributed by atoms with van der Waals surface area (Å²) in [5.74, 6) is -3.24. The van der Waals surface area contributed by atoms with Gasteiger partial charge >= 0.3 is 5.97 Å². The molecule has 36 heavy (non-hydrogen) atoms. The highest BCUT2D eigenvalue weighted by Gasteiger charge is 2.36. The fraction of sp³-hybridized carbons (Fsp3) is 0.360. The number of nitro groups is 1. The fourth-order valence-electron chi connectivity index (χ4n) is 3.62. The second kappa shape index (κ2) is 10.5. The average Bonchev–Trinajstić information content (AvgIpc) is 3.18. The molecule has 0 spiro atoms. The highest BCUT2D eigenvalue weighted by Crippen LogP contribution is 2.24. The standard InChI is InChI=1S/C25H28N4O7/c1-15-5-10-19(12-20(15)29(34)35)26-21(30)14-36-24(33)17-11-22(31)28(13-17)27-23(32)16-6-8-18(9-7-16)25(2,3)4/h5-10,12,17H,11,13-14H2,1-4H3,(H,26,30)(H,27,32)/t17-/m1/s1. The number of hydrazine groups is 1. The fourth-order valence-corrected chi connectivity index (χ4v) is 3.62. The minimum Gasteiger partial charge on any atom is -0.455 e. The summed E-state index contributed by atoms with van der Waals surface area (Å²) in [5, 5.41) is 14.5. The molecule has 0 radical (unpaired) electrons. The van der Waals surface area contributed by atoms with Gasteiger partial charge in [0.05, 0.1) is 17.4 Å². The van der Waals surface area contributed by atoms with Gasteiger partial charge in [-0.3, -0.25) is 39.7 Å². The van der Waals surface area contributed by atoms with E-state index in [0.29, 0.717) is 11.1 Å². The summed E-state index contributed by atoms with van der Waals surface area (Å²) >= 11 is 0. The van der Waals surface area contributed by atoms with Gasteiger partial charge in [0.2, 0.25) is 5.91 Å². The normalized spacial score (nSPS) is 15.4. The Hall–Kier alpha value is -4.28. The van der Waals surface area contributed by atoms with Crippen molar-refractivity contribution < 1.29 is 28.8 Å². The van der Waals surface area contributed by atoms with Crippen LogP contribution in [0.15, 0.2) is 42.5 Å². The van der Waals surface area contributed by atoms with Gasteiger partial charge in [-0.1, -0.05) is 39.0 Å². The molecule has 1 aliphatic rings. The number of nitrogens with one attached hydrogen (secondary N) is 2. The molecule has 2 N–H and O–H groups in total. The molecule has 1 heterocycles. The Bertz CT molecular complexity index is 1200. The van der Waals surface area contributed by atoms with Gasteiger partial charge in [0.25, 0.3) is 17.5 Å². The molecule has 2 aromatic rings. The summed E-state index contributed by atoms with van der Waals surface area (Å²) in [4.78, 5) is 59.8. The van der Waals surface area contributed by atoms with Gasteiger partial charge in [-0.05, 0) is 36.1 Å². The number of carbonyl (C=O) groups excluding carboxylic acids is 4. The van der Waals surface area contributed by atoms with Crippen molar-refractivity contribution in [1.29, 1.82) is 0 Å². The Balaban J connectivity index is 1.50. The van der Waals surface area contributed by atoms with E-state index in [-0.39, 0.29) is 29.8 Å². The van der Waals surface area contributed by atoms with E-state index in [9.17, 15) is 29.3 Å². The van der Waals surface area contributed by atoms with Crippen LogP contribution in [0.5, 0.6) is 0 Å². The van der Waals surface area contributed by atoms with Gasteiger partial charge in [-0.25, -0.2) is 0 Å². The molecular formula is C25H28N4O7. The number of amides is 3. The lowest BCUT2D eigenvalue weighted by Crippen LogP contribution is -2.43. The van der Waals surface area contributed by atoms with Crippen LogP contribution in [0.4, 0.5) is 11.4 Å². The van der Waals surface area contributed by atoms with E-state index in [4.69, 9.17) is 4.74 Å². The zero-order valence-electron chi connectivity index (χ0n) is 20.5. The van der Waals surface area contributed by atoms with Crippen molar-refractivity contribution in [3.63, 3.8) is 0 Å². The molecule has 1 fully saturated rings. The quantitative estimate of drug-likeness (QED) is 0.340. The van der Waals surface area contributed by atoms with Gasteiger partial charge < -0.3 is 10.1 Å². The van der Waals surface area contributed by atoms with Gasteiger partial charge in [0.1, 0.15) is 0 Å². The first-order valence-electron chi connectivity index (χ1n) is 11.3. The number of ether oxygens (including phenoxy) is 1. The second-order valence-electron chi connectivity index (χ2n) is 9.59. The average molecular weight is 497 g/mol. The molecule has 3 amide bonds. The van der Waals surface area contributed by atoms with Crippen LogP contribution < -0.4 is 10.7 Å². The Morgan fingerprint density at radius 2 is 1.81 bits per heavy atom. The highest BCUT2D eigenvalue weighted by molar-refractivity contribution is 5.97. The van der Waals surface area contributed by atoms with Crippen molar-refractivity contribution in [3.05, 3.63) is 69.3 Å². The maximum absolute atomic E-state index is 12.5. The van der Waals surface area contributed by atoms with E-state index < -0.39 is 41.1 Å². The predicted molar refractivity (Wildman–Crippen MR) is 130 cm³/mol. The molecule has 0 aliphatic carbocycles. The number of rotatable bonds is 7. The molecule has 3 rings (SSSR count). The number of carbonyl (C=O) groups is 4.